The number of amides is 1. The Labute approximate surface area is 139 Å². The van der Waals surface area contributed by atoms with Crippen molar-refractivity contribution in [2.45, 2.75) is 20.5 Å². The summed E-state index contributed by atoms with van der Waals surface area (Å²) >= 11 is 0. The first-order chi connectivity index (χ1) is 11.5. The second-order valence-electron chi connectivity index (χ2n) is 5.66. The van der Waals surface area contributed by atoms with Gasteiger partial charge in [0.2, 0.25) is 5.91 Å². The van der Waals surface area contributed by atoms with E-state index >= 15 is 0 Å². The lowest BCUT2D eigenvalue weighted by atomic mass is 10.1. The van der Waals surface area contributed by atoms with Gasteiger partial charge in [-0.25, -0.2) is 4.39 Å². The van der Waals surface area contributed by atoms with Crippen LogP contribution in [0.2, 0.25) is 0 Å². The van der Waals surface area contributed by atoms with E-state index in [0.29, 0.717) is 23.5 Å². The number of halogens is 1. The lowest BCUT2D eigenvalue weighted by Gasteiger charge is -2.19. The quantitative estimate of drug-likeness (QED) is 0.868. The van der Waals surface area contributed by atoms with Gasteiger partial charge in [0.25, 0.3) is 0 Å². The summed E-state index contributed by atoms with van der Waals surface area (Å²) in [5.74, 6) is -0.121. The number of aryl methyl sites for hydroxylation is 1. The smallest absolute Gasteiger partial charge is 0.248 e. The molecule has 0 atom stereocenters. The first-order valence-electron chi connectivity index (χ1n) is 7.63. The van der Waals surface area contributed by atoms with Gasteiger partial charge in [-0.1, -0.05) is 12.1 Å². The number of carbonyl (C=O) groups excluding carboxylic acids is 1. The van der Waals surface area contributed by atoms with E-state index in [4.69, 9.17) is 9.47 Å². The molecule has 0 aromatic heterocycles. The van der Waals surface area contributed by atoms with Gasteiger partial charge in [-0.3, -0.25) is 4.79 Å². The Balaban J connectivity index is 1.80. The second-order valence-corrected chi connectivity index (χ2v) is 5.66. The molecule has 2 aromatic rings. The van der Waals surface area contributed by atoms with Gasteiger partial charge in [-0.05, 0) is 49.2 Å². The van der Waals surface area contributed by atoms with E-state index in [0.717, 1.165) is 16.8 Å². The fourth-order valence-electron chi connectivity index (χ4n) is 2.56. The molecule has 0 fully saturated rings. The van der Waals surface area contributed by atoms with Crippen LogP contribution >= 0.6 is 0 Å². The molecule has 1 amide bonds. The standard InChI is InChI=1S/C19H18FNO3/c1-12-4-3-5-17(13(12)2)21-18(22)7-6-14-8-16(20)9-15-10-23-11-24-19(14)15/h3-9H,10-11H2,1-2H3,(H,21,22)/b7-6+. The molecule has 0 spiro atoms. The van der Waals surface area contributed by atoms with Crippen molar-refractivity contribution < 1.29 is 18.7 Å². The van der Waals surface area contributed by atoms with Crippen LogP contribution in [0.5, 0.6) is 5.75 Å². The van der Waals surface area contributed by atoms with E-state index in [1.807, 2.05) is 32.0 Å². The Hall–Kier alpha value is -2.66. The number of benzene rings is 2. The van der Waals surface area contributed by atoms with E-state index in [9.17, 15) is 9.18 Å². The minimum Gasteiger partial charge on any atom is -0.467 e. The first kappa shape index (κ1) is 16.2. The van der Waals surface area contributed by atoms with Gasteiger partial charge in [-0.15, -0.1) is 0 Å². The monoisotopic (exact) mass is 327 g/mol. The number of nitrogens with one attached hydrogen (secondary N) is 1. The predicted molar refractivity (Wildman–Crippen MR) is 90.3 cm³/mol. The van der Waals surface area contributed by atoms with E-state index in [1.54, 1.807) is 6.08 Å². The summed E-state index contributed by atoms with van der Waals surface area (Å²) in [7, 11) is 0. The molecule has 0 aliphatic carbocycles. The summed E-state index contributed by atoms with van der Waals surface area (Å²) < 4.78 is 24.2. The molecule has 124 valence electrons. The van der Waals surface area contributed by atoms with Gasteiger partial charge >= 0.3 is 0 Å². The van der Waals surface area contributed by atoms with Crippen molar-refractivity contribution in [3.63, 3.8) is 0 Å². The number of rotatable bonds is 3. The Morgan fingerprint density at radius 2 is 2.12 bits per heavy atom. The van der Waals surface area contributed by atoms with Gasteiger partial charge in [0, 0.05) is 22.9 Å². The van der Waals surface area contributed by atoms with Crippen LogP contribution in [-0.4, -0.2) is 12.7 Å². The largest absolute Gasteiger partial charge is 0.467 e. The lowest BCUT2D eigenvalue weighted by Crippen LogP contribution is -2.13. The molecule has 1 N–H and O–H groups in total. The van der Waals surface area contributed by atoms with Gasteiger partial charge in [0.1, 0.15) is 11.6 Å². The van der Waals surface area contributed by atoms with Crippen LogP contribution in [0.4, 0.5) is 10.1 Å². The molecule has 0 saturated heterocycles. The fraction of sp³-hybridized carbons (Fsp3) is 0.211. The molecule has 4 nitrogen and oxygen atoms in total. The maximum Gasteiger partial charge on any atom is 0.248 e. The Morgan fingerprint density at radius 1 is 1.29 bits per heavy atom. The van der Waals surface area contributed by atoms with Crippen LogP contribution in [0.1, 0.15) is 22.3 Å². The van der Waals surface area contributed by atoms with Crippen molar-refractivity contribution in [1.82, 2.24) is 0 Å². The summed E-state index contributed by atoms with van der Waals surface area (Å²) in [6.45, 7) is 4.35. The minimum atomic E-state index is -0.391. The molecule has 1 aliphatic rings. The molecule has 5 heteroatoms. The third kappa shape index (κ3) is 3.46. The molecule has 0 bridgehead atoms. The summed E-state index contributed by atoms with van der Waals surface area (Å²) in [4.78, 5) is 12.1. The highest BCUT2D eigenvalue weighted by Gasteiger charge is 2.15. The van der Waals surface area contributed by atoms with Gasteiger partial charge in [-0.2, -0.15) is 0 Å². The molecule has 1 heterocycles. The number of fused-ring (bicyclic) bond motifs is 1. The maximum atomic E-state index is 13.7. The van der Waals surface area contributed by atoms with Crippen molar-refractivity contribution in [3.8, 4) is 5.75 Å². The molecule has 1 aliphatic heterocycles. The van der Waals surface area contributed by atoms with Crippen molar-refractivity contribution in [2.75, 3.05) is 12.1 Å². The number of anilines is 1. The van der Waals surface area contributed by atoms with E-state index in [2.05, 4.69) is 5.32 Å². The highest BCUT2D eigenvalue weighted by molar-refractivity contribution is 6.02. The second kappa shape index (κ2) is 6.84. The third-order valence-electron chi connectivity index (χ3n) is 3.98. The Morgan fingerprint density at radius 3 is 2.96 bits per heavy atom. The lowest BCUT2D eigenvalue weighted by molar-refractivity contribution is -0.111. The average Bonchev–Trinajstić information content (AvgIpc) is 2.56. The number of hydrogen-bond acceptors (Lipinski definition) is 3. The Kier molecular flexibility index (Phi) is 4.62. The highest BCUT2D eigenvalue weighted by Crippen LogP contribution is 2.30. The number of ether oxygens (including phenoxy) is 2. The molecule has 24 heavy (non-hydrogen) atoms. The highest BCUT2D eigenvalue weighted by atomic mass is 19.1. The average molecular weight is 327 g/mol. The third-order valence-corrected chi connectivity index (χ3v) is 3.98. The molecule has 0 unspecified atom stereocenters. The summed E-state index contributed by atoms with van der Waals surface area (Å²) in [6.07, 6.45) is 2.92. The minimum absolute atomic E-state index is 0.119. The number of hydrogen-bond donors (Lipinski definition) is 1. The molecule has 2 aromatic carbocycles. The Bertz CT molecular complexity index is 814. The van der Waals surface area contributed by atoms with Crippen LogP contribution in [0.15, 0.2) is 36.4 Å². The summed E-state index contributed by atoms with van der Waals surface area (Å²) in [5, 5.41) is 2.83. The predicted octanol–water partition coefficient (Wildman–Crippen LogP) is 3.96. The maximum absolute atomic E-state index is 13.7. The van der Waals surface area contributed by atoms with Crippen molar-refractivity contribution in [3.05, 3.63) is 64.5 Å². The van der Waals surface area contributed by atoms with Crippen molar-refractivity contribution >= 4 is 17.7 Å². The first-order valence-corrected chi connectivity index (χ1v) is 7.63. The van der Waals surface area contributed by atoms with E-state index in [1.165, 1.54) is 18.2 Å². The molecule has 0 saturated carbocycles. The molecule has 3 rings (SSSR count). The van der Waals surface area contributed by atoms with Crippen LogP contribution in [-0.2, 0) is 16.1 Å². The van der Waals surface area contributed by atoms with Gasteiger partial charge in [0.05, 0.1) is 6.61 Å². The van der Waals surface area contributed by atoms with Crippen LogP contribution in [0.3, 0.4) is 0 Å². The van der Waals surface area contributed by atoms with Gasteiger partial charge in [0.15, 0.2) is 6.79 Å². The molecule has 0 radical (unpaired) electrons. The zero-order chi connectivity index (χ0) is 17.1. The fourth-order valence-corrected chi connectivity index (χ4v) is 2.56. The zero-order valence-corrected chi connectivity index (χ0v) is 13.6. The van der Waals surface area contributed by atoms with E-state index < -0.39 is 5.82 Å². The summed E-state index contributed by atoms with van der Waals surface area (Å²) in [5.41, 5.74) is 4.03. The molecular weight excluding hydrogens is 309 g/mol. The van der Waals surface area contributed by atoms with Crippen LogP contribution in [0.25, 0.3) is 6.08 Å². The van der Waals surface area contributed by atoms with Crippen LogP contribution < -0.4 is 10.1 Å². The normalized spacial score (nSPS) is 13.5. The number of carbonyl (C=O) groups is 1. The van der Waals surface area contributed by atoms with Gasteiger partial charge < -0.3 is 14.8 Å². The zero-order valence-electron chi connectivity index (χ0n) is 13.6. The summed E-state index contributed by atoms with van der Waals surface area (Å²) in [6, 6.07) is 8.43. The topological polar surface area (TPSA) is 47.6 Å². The van der Waals surface area contributed by atoms with E-state index in [-0.39, 0.29) is 12.7 Å². The van der Waals surface area contributed by atoms with Crippen molar-refractivity contribution in [1.29, 1.82) is 0 Å². The molecular formula is C19H18FNO3. The van der Waals surface area contributed by atoms with Crippen molar-refractivity contribution in [2.24, 2.45) is 0 Å². The SMILES string of the molecule is Cc1cccc(NC(=O)/C=C/c2cc(F)cc3c2OCOC3)c1C. The van der Waals surface area contributed by atoms with Crippen LogP contribution in [0, 0.1) is 19.7 Å².